The number of H-pyrrole nitrogens is 1. The molecule has 16 heavy (non-hydrogen) atoms. The van der Waals surface area contributed by atoms with Crippen LogP contribution in [0.4, 0.5) is 0 Å². The van der Waals surface area contributed by atoms with Gasteiger partial charge in [-0.25, -0.2) is 4.98 Å². The SMILES string of the molecule is O=c1[nH]cnc(Sc2ccc(Br)cc2)c1I. The largest absolute Gasteiger partial charge is 0.312 e. The summed E-state index contributed by atoms with van der Waals surface area (Å²) in [7, 11) is 0. The van der Waals surface area contributed by atoms with Crippen molar-refractivity contribution in [1.29, 1.82) is 0 Å². The minimum atomic E-state index is -0.102. The molecule has 0 saturated heterocycles. The number of hydrogen-bond donors (Lipinski definition) is 1. The van der Waals surface area contributed by atoms with Gasteiger partial charge >= 0.3 is 0 Å². The van der Waals surface area contributed by atoms with E-state index in [2.05, 4.69) is 25.9 Å². The van der Waals surface area contributed by atoms with Crippen LogP contribution >= 0.6 is 50.3 Å². The smallest absolute Gasteiger partial charge is 0.265 e. The van der Waals surface area contributed by atoms with E-state index in [4.69, 9.17) is 0 Å². The quantitative estimate of drug-likeness (QED) is 0.612. The Labute approximate surface area is 118 Å². The van der Waals surface area contributed by atoms with Crippen molar-refractivity contribution in [2.24, 2.45) is 0 Å². The number of aromatic nitrogens is 2. The fourth-order valence-corrected chi connectivity index (χ4v) is 2.72. The Bertz CT molecular complexity index is 555. The monoisotopic (exact) mass is 408 g/mol. The summed E-state index contributed by atoms with van der Waals surface area (Å²) in [5, 5.41) is 0.728. The summed E-state index contributed by atoms with van der Waals surface area (Å²) in [4.78, 5) is 19.1. The van der Waals surface area contributed by atoms with Gasteiger partial charge in [0.2, 0.25) is 0 Å². The summed E-state index contributed by atoms with van der Waals surface area (Å²) < 4.78 is 1.65. The lowest BCUT2D eigenvalue weighted by molar-refractivity contribution is 0.988. The third kappa shape index (κ3) is 2.86. The van der Waals surface area contributed by atoms with Gasteiger partial charge < -0.3 is 4.98 Å². The standard InChI is InChI=1S/C10H6BrIN2OS/c11-6-1-3-7(4-2-6)16-10-8(12)9(15)13-5-14-10/h1-5H,(H,13,14,15). The average Bonchev–Trinajstić information content (AvgIpc) is 2.28. The van der Waals surface area contributed by atoms with Crippen molar-refractivity contribution in [3.05, 3.63) is 49.0 Å². The first-order valence-electron chi connectivity index (χ1n) is 4.33. The molecule has 0 saturated carbocycles. The summed E-state index contributed by atoms with van der Waals surface area (Å²) in [5.74, 6) is 0. The van der Waals surface area contributed by atoms with E-state index in [9.17, 15) is 4.79 Å². The lowest BCUT2D eigenvalue weighted by Gasteiger charge is -2.02. The molecule has 0 spiro atoms. The first-order valence-corrected chi connectivity index (χ1v) is 7.02. The molecular weight excluding hydrogens is 403 g/mol. The number of nitrogens with zero attached hydrogens (tertiary/aromatic N) is 1. The second-order valence-corrected chi connectivity index (χ2v) is 5.96. The third-order valence-electron chi connectivity index (χ3n) is 1.79. The second kappa shape index (κ2) is 5.33. The van der Waals surface area contributed by atoms with Gasteiger partial charge in [0.1, 0.15) is 8.60 Å². The van der Waals surface area contributed by atoms with Gasteiger partial charge in [-0.05, 0) is 46.9 Å². The zero-order chi connectivity index (χ0) is 11.5. The van der Waals surface area contributed by atoms with Crippen molar-refractivity contribution < 1.29 is 0 Å². The van der Waals surface area contributed by atoms with Crippen LogP contribution in [0.2, 0.25) is 0 Å². The molecule has 0 unspecified atom stereocenters. The summed E-state index contributed by atoms with van der Waals surface area (Å²) >= 11 is 6.86. The van der Waals surface area contributed by atoms with E-state index >= 15 is 0 Å². The maximum Gasteiger partial charge on any atom is 0.265 e. The highest BCUT2D eigenvalue weighted by Crippen LogP contribution is 2.28. The van der Waals surface area contributed by atoms with Crippen LogP contribution in [0, 0.1) is 3.57 Å². The number of rotatable bonds is 2. The van der Waals surface area contributed by atoms with E-state index in [-0.39, 0.29) is 5.56 Å². The number of aromatic amines is 1. The minimum Gasteiger partial charge on any atom is -0.312 e. The Morgan fingerprint density at radius 2 is 2.00 bits per heavy atom. The van der Waals surface area contributed by atoms with E-state index in [0.717, 1.165) is 14.4 Å². The molecule has 0 amide bonds. The summed E-state index contributed by atoms with van der Waals surface area (Å²) in [5.41, 5.74) is -0.102. The highest BCUT2D eigenvalue weighted by atomic mass is 127. The van der Waals surface area contributed by atoms with Gasteiger partial charge in [0.25, 0.3) is 5.56 Å². The minimum absolute atomic E-state index is 0.102. The Kier molecular flexibility index (Phi) is 4.04. The highest BCUT2D eigenvalue weighted by Gasteiger charge is 2.06. The van der Waals surface area contributed by atoms with Gasteiger partial charge in [-0.2, -0.15) is 0 Å². The van der Waals surface area contributed by atoms with E-state index in [1.165, 1.54) is 18.1 Å². The van der Waals surface area contributed by atoms with Crippen LogP contribution in [0.15, 0.2) is 49.8 Å². The van der Waals surface area contributed by atoms with Crippen LogP contribution in [-0.4, -0.2) is 9.97 Å². The molecule has 0 aliphatic heterocycles. The molecule has 0 atom stereocenters. The van der Waals surface area contributed by atoms with E-state index in [0.29, 0.717) is 3.57 Å². The molecule has 0 fully saturated rings. The molecule has 82 valence electrons. The second-order valence-electron chi connectivity index (χ2n) is 2.91. The van der Waals surface area contributed by atoms with Crippen LogP contribution < -0.4 is 5.56 Å². The molecule has 2 rings (SSSR count). The predicted octanol–water partition coefficient (Wildman–Crippen LogP) is 3.29. The molecule has 1 aromatic heterocycles. The Hall–Kier alpha value is -0.340. The first-order chi connectivity index (χ1) is 7.66. The summed E-state index contributed by atoms with van der Waals surface area (Å²) in [6.07, 6.45) is 1.42. The molecule has 6 heteroatoms. The maximum absolute atomic E-state index is 11.4. The van der Waals surface area contributed by atoms with Crippen LogP contribution in [0.5, 0.6) is 0 Å². The zero-order valence-electron chi connectivity index (χ0n) is 7.91. The van der Waals surface area contributed by atoms with E-state index < -0.39 is 0 Å². The normalized spacial score (nSPS) is 10.4. The molecule has 1 N–H and O–H groups in total. The first kappa shape index (κ1) is 12.1. The van der Waals surface area contributed by atoms with Crippen LogP contribution in [-0.2, 0) is 0 Å². The molecule has 1 heterocycles. The summed E-state index contributed by atoms with van der Waals surface area (Å²) in [6, 6.07) is 7.88. The van der Waals surface area contributed by atoms with Gasteiger partial charge in [0, 0.05) is 9.37 Å². The molecular formula is C10H6BrIN2OS. The molecule has 2 aromatic rings. The van der Waals surface area contributed by atoms with Crippen molar-refractivity contribution in [3.63, 3.8) is 0 Å². The molecule has 0 radical (unpaired) electrons. The summed E-state index contributed by atoms with van der Waals surface area (Å²) in [6.45, 7) is 0. The topological polar surface area (TPSA) is 45.8 Å². The number of halogens is 2. The van der Waals surface area contributed by atoms with Crippen molar-refractivity contribution >= 4 is 50.3 Å². The van der Waals surface area contributed by atoms with Crippen molar-refractivity contribution in [2.75, 3.05) is 0 Å². The Morgan fingerprint density at radius 3 is 2.69 bits per heavy atom. The van der Waals surface area contributed by atoms with Crippen LogP contribution in [0.3, 0.4) is 0 Å². The Balaban J connectivity index is 2.30. The fourth-order valence-electron chi connectivity index (χ4n) is 1.05. The van der Waals surface area contributed by atoms with Gasteiger partial charge in [-0.15, -0.1) is 0 Å². The van der Waals surface area contributed by atoms with Gasteiger partial charge in [-0.1, -0.05) is 27.7 Å². The van der Waals surface area contributed by atoms with Gasteiger partial charge in [-0.3, -0.25) is 4.79 Å². The molecule has 1 aromatic carbocycles. The molecule has 0 bridgehead atoms. The lowest BCUT2D eigenvalue weighted by atomic mass is 10.4. The van der Waals surface area contributed by atoms with Gasteiger partial charge in [0.05, 0.1) is 6.33 Å². The highest BCUT2D eigenvalue weighted by molar-refractivity contribution is 14.1. The molecule has 0 aliphatic rings. The van der Waals surface area contributed by atoms with E-state index in [1.807, 2.05) is 46.9 Å². The molecule has 3 nitrogen and oxygen atoms in total. The average molecular weight is 409 g/mol. The van der Waals surface area contributed by atoms with Gasteiger partial charge in [0.15, 0.2) is 0 Å². The number of benzene rings is 1. The van der Waals surface area contributed by atoms with Crippen LogP contribution in [0.25, 0.3) is 0 Å². The van der Waals surface area contributed by atoms with Crippen molar-refractivity contribution in [1.82, 2.24) is 9.97 Å². The van der Waals surface area contributed by atoms with Crippen molar-refractivity contribution in [3.8, 4) is 0 Å². The third-order valence-corrected chi connectivity index (χ3v) is 4.70. The lowest BCUT2D eigenvalue weighted by Crippen LogP contribution is -2.10. The van der Waals surface area contributed by atoms with Crippen molar-refractivity contribution in [2.45, 2.75) is 9.92 Å². The Morgan fingerprint density at radius 1 is 1.31 bits per heavy atom. The predicted molar refractivity (Wildman–Crippen MR) is 75.8 cm³/mol. The number of nitrogens with one attached hydrogen (secondary N) is 1. The molecule has 0 aliphatic carbocycles. The van der Waals surface area contributed by atoms with E-state index in [1.54, 1.807) is 0 Å². The van der Waals surface area contributed by atoms with Crippen LogP contribution in [0.1, 0.15) is 0 Å². The zero-order valence-corrected chi connectivity index (χ0v) is 12.5. The fraction of sp³-hybridized carbons (Fsp3) is 0. The number of hydrogen-bond acceptors (Lipinski definition) is 3. The maximum atomic E-state index is 11.4.